The first-order valence-electron chi connectivity index (χ1n) is 6.49. The molecule has 0 aliphatic heterocycles. The van der Waals surface area contributed by atoms with Crippen LogP contribution >= 0.6 is 12.2 Å². The van der Waals surface area contributed by atoms with Gasteiger partial charge in [0.1, 0.15) is 5.75 Å². The number of hydrazone groups is 1. The third-order valence-electron chi connectivity index (χ3n) is 2.82. The maximum atomic E-state index is 5.24. The van der Waals surface area contributed by atoms with E-state index in [1.807, 2.05) is 55.5 Å². The molecular weight excluding hydrogens is 282 g/mol. The molecule has 0 spiro atoms. The molecule has 21 heavy (non-hydrogen) atoms. The Labute approximate surface area is 129 Å². The van der Waals surface area contributed by atoms with Crippen LogP contribution in [0.2, 0.25) is 0 Å². The Balaban J connectivity index is 1.91. The van der Waals surface area contributed by atoms with Crippen LogP contribution in [0.3, 0.4) is 0 Å². The van der Waals surface area contributed by atoms with Crippen LogP contribution in [-0.2, 0) is 0 Å². The lowest BCUT2D eigenvalue weighted by molar-refractivity contribution is 0.414. The van der Waals surface area contributed by atoms with E-state index >= 15 is 0 Å². The van der Waals surface area contributed by atoms with Crippen LogP contribution in [0.4, 0.5) is 5.69 Å². The van der Waals surface area contributed by atoms with E-state index in [1.165, 1.54) is 5.56 Å². The molecule has 0 atom stereocenters. The van der Waals surface area contributed by atoms with Gasteiger partial charge in [0.15, 0.2) is 5.11 Å². The fourth-order valence-corrected chi connectivity index (χ4v) is 1.90. The van der Waals surface area contributed by atoms with Crippen molar-refractivity contribution in [1.29, 1.82) is 0 Å². The van der Waals surface area contributed by atoms with Crippen LogP contribution in [0.15, 0.2) is 53.6 Å². The highest BCUT2D eigenvalue weighted by Crippen LogP contribution is 2.14. The number of methoxy groups -OCH3 is 1. The fraction of sp³-hybridized carbons (Fsp3) is 0.125. The summed E-state index contributed by atoms with van der Waals surface area (Å²) in [5.74, 6) is 0.764. The van der Waals surface area contributed by atoms with E-state index in [1.54, 1.807) is 13.3 Å². The van der Waals surface area contributed by atoms with Crippen LogP contribution < -0.4 is 15.5 Å². The van der Waals surface area contributed by atoms with E-state index in [4.69, 9.17) is 17.0 Å². The number of aryl methyl sites for hydroxylation is 1. The number of thiocarbonyl (C=S) groups is 1. The number of nitrogens with one attached hydrogen (secondary N) is 2. The second-order valence-corrected chi connectivity index (χ2v) is 4.84. The molecule has 0 heterocycles. The zero-order valence-electron chi connectivity index (χ0n) is 12.0. The maximum absolute atomic E-state index is 5.24. The molecule has 0 amide bonds. The predicted molar refractivity (Wildman–Crippen MR) is 91.1 cm³/mol. The molecule has 0 aromatic heterocycles. The standard InChI is InChI=1S/C16H17N3OS/c1-12-7-9-14(10-8-12)18-16(21)19-17-11-13-5-3-4-6-15(13)20-2/h3-11H,1-2H3,(H2,18,19,21)/b17-11-. The molecule has 0 saturated heterocycles. The molecule has 108 valence electrons. The monoisotopic (exact) mass is 299 g/mol. The van der Waals surface area contributed by atoms with Gasteiger partial charge in [0.25, 0.3) is 0 Å². The van der Waals surface area contributed by atoms with E-state index in [0.717, 1.165) is 17.0 Å². The molecule has 0 unspecified atom stereocenters. The highest BCUT2D eigenvalue weighted by atomic mass is 32.1. The van der Waals surface area contributed by atoms with Crippen LogP contribution in [0.25, 0.3) is 0 Å². The molecule has 2 N–H and O–H groups in total. The van der Waals surface area contributed by atoms with Crippen LogP contribution in [0, 0.1) is 6.92 Å². The number of nitrogens with zero attached hydrogens (tertiary/aromatic N) is 1. The van der Waals surface area contributed by atoms with Gasteiger partial charge in [0, 0.05) is 11.3 Å². The minimum absolute atomic E-state index is 0.435. The SMILES string of the molecule is COc1ccccc1/C=N\NC(=S)Nc1ccc(C)cc1. The summed E-state index contributed by atoms with van der Waals surface area (Å²) in [6.07, 6.45) is 1.67. The highest BCUT2D eigenvalue weighted by Gasteiger charge is 1.98. The largest absolute Gasteiger partial charge is 0.496 e. The van der Waals surface area contributed by atoms with Gasteiger partial charge >= 0.3 is 0 Å². The van der Waals surface area contributed by atoms with Crippen molar-refractivity contribution in [2.24, 2.45) is 5.10 Å². The summed E-state index contributed by atoms with van der Waals surface area (Å²) < 4.78 is 5.24. The van der Waals surface area contributed by atoms with Crippen molar-refractivity contribution in [2.45, 2.75) is 6.92 Å². The summed E-state index contributed by atoms with van der Waals surface area (Å²) in [6.45, 7) is 2.04. The summed E-state index contributed by atoms with van der Waals surface area (Å²) in [5.41, 5.74) is 5.78. The summed E-state index contributed by atoms with van der Waals surface area (Å²) in [4.78, 5) is 0. The molecular formula is C16H17N3OS. The molecule has 2 rings (SSSR count). The third kappa shape index (κ3) is 4.57. The number of rotatable bonds is 4. The summed E-state index contributed by atoms with van der Waals surface area (Å²) in [5, 5.41) is 7.60. The van der Waals surface area contributed by atoms with Gasteiger partial charge in [-0.1, -0.05) is 29.8 Å². The summed E-state index contributed by atoms with van der Waals surface area (Å²) >= 11 is 5.18. The molecule has 0 radical (unpaired) electrons. The van der Waals surface area contributed by atoms with E-state index < -0.39 is 0 Å². The van der Waals surface area contributed by atoms with Gasteiger partial charge in [-0.3, -0.25) is 5.43 Å². The Hall–Kier alpha value is -2.40. The van der Waals surface area contributed by atoms with Crippen LogP contribution in [0.1, 0.15) is 11.1 Å². The van der Waals surface area contributed by atoms with Gasteiger partial charge in [0.05, 0.1) is 13.3 Å². The van der Waals surface area contributed by atoms with Crippen LogP contribution in [0.5, 0.6) is 5.75 Å². The number of hydrogen-bond acceptors (Lipinski definition) is 3. The molecule has 0 bridgehead atoms. The van der Waals surface area contributed by atoms with Crippen molar-refractivity contribution < 1.29 is 4.74 Å². The van der Waals surface area contributed by atoms with Crippen LogP contribution in [-0.4, -0.2) is 18.4 Å². The molecule has 4 nitrogen and oxygen atoms in total. The average molecular weight is 299 g/mol. The van der Waals surface area contributed by atoms with Crippen molar-refractivity contribution in [1.82, 2.24) is 5.43 Å². The van der Waals surface area contributed by atoms with Crippen molar-refractivity contribution in [3.05, 3.63) is 59.7 Å². The van der Waals surface area contributed by atoms with Crippen molar-refractivity contribution in [3.63, 3.8) is 0 Å². The Morgan fingerprint density at radius 2 is 1.86 bits per heavy atom. The van der Waals surface area contributed by atoms with Crippen molar-refractivity contribution in [3.8, 4) is 5.75 Å². The zero-order chi connectivity index (χ0) is 15.1. The fourth-order valence-electron chi connectivity index (χ4n) is 1.73. The van der Waals surface area contributed by atoms with E-state index in [9.17, 15) is 0 Å². The van der Waals surface area contributed by atoms with Gasteiger partial charge in [-0.25, -0.2) is 0 Å². The Bertz CT molecular complexity index is 638. The zero-order valence-corrected chi connectivity index (χ0v) is 12.8. The molecule has 0 aliphatic rings. The summed E-state index contributed by atoms with van der Waals surface area (Å²) in [7, 11) is 1.63. The first kappa shape index (κ1) is 15.0. The van der Waals surface area contributed by atoms with E-state index in [0.29, 0.717) is 5.11 Å². The molecule has 5 heteroatoms. The van der Waals surface area contributed by atoms with E-state index in [-0.39, 0.29) is 0 Å². The van der Waals surface area contributed by atoms with Gasteiger partial charge in [-0.05, 0) is 43.4 Å². The topological polar surface area (TPSA) is 45.6 Å². The number of para-hydroxylation sites is 1. The Morgan fingerprint density at radius 1 is 1.14 bits per heavy atom. The number of ether oxygens (including phenoxy) is 1. The highest BCUT2D eigenvalue weighted by molar-refractivity contribution is 7.80. The number of hydrogen-bond donors (Lipinski definition) is 2. The molecule has 0 aliphatic carbocycles. The lowest BCUT2D eigenvalue weighted by Gasteiger charge is -2.07. The number of benzene rings is 2. The Morgan fingerprint density at radius 3 is 2.57 bits per heavy atom. The minimum atomic E-state index is 0.435. The summed E-state index contributed by atoms with van der Waals surface area (Å²) in [6, 6.07) is 15.6. The second-order valence-electron chi connectivity index (χ2n) is 4.43. The first-order valence-corrected chi connectivity index (χ1v) is 6.89. The van der Waals surface area contributed by atoms with Gasteiger partial charge in [-0.15, -0.1) is 0 Å². The predicted octanol–water partition coefficient (Wildman–Crippen LogP) is 3.32. The van der Waals surface area contributed by atoms with Crippen molar-refractivity contribution >= 4 is 29.2 Å². The lowest BCUT2D eigenvalue weighted by Crippen LogP contribution is -2.23. The normalized spacial score (nSPS) is 10.4. The van der Waals surface area contributed by atoms with Crippen molar-refractivity contribution in [2.75, 3.05) is 12.4 Å². The molecule has 0 saturated carbocycles. The maximum Gasteiger partial charge on any atom is 0.191 e. The van der Waals surface area contributed by atoms with E-state index in [2.05, 4.69) is 15.8 Å². The number of anilines is 1. The first-order chi connectivity index (χ1) is 10.2. The molecule has 2 aromatic rings. The third-order valence-corrected chi connectivity index (χ3v) is 3.01. The lowest BCUT2D eigenvalue weighted by atomic mass is 10.2. The van der Waals surface area contributed by atoms with Gasteiger partial charge in [-0.2, -0.15) is 5.10 Å². The van der Waals surface area contributed by atoms with Gasteiger partial charge < -0.3 is 10.1 Å². The quantitative estimate of drug-likeness (QED) is 0.516. The average Bonchev–Trinajstić information content (AvgIpc) is 2.50. The second kappa shape index (κ2) is 7.40. The Kier molecular flexibility index (Phi) is 5.29. The minimum Gasteiger partial charge on any atom is -0.496 e. The van der Waals surface area contributed by atoms with Gasteiger partial charge in [0.2, 0.25) is 0 Å². The molecule has 2 aromatic carbocycles. The smallest absolute Gasteiger partial charge is 0.191 e. The molecule has 0 fully saturated rings.